The van der Waals surface area contributed by atoms with E-state index in [1.807, 2.05) is 0 Å². The molecule has 1 aliphatic rings. The minimum Gasteiger partial charge on any atom is -0.494 e. The van der Waals surface area contributed by atoms with Gasteiger partial charge in [0.2, 0.25) is 5.91 Å². The second-order valence-electron chi connectivity index (χ2n) is 6.21. The average Bonchev–Trinajstić information content (AvgIpc) is 2.46. The van der Waals surface area contributed by atoms with Gasteiger partial charge in [0.1, 0.15) is 5.75 Å². The van der Waals surface area contributed by atoms with Crippen molar-refractivity contribution in [3.8, 4) is 5.75 Å². The van der Waals surface area contributed by atoms with Crippen LogP contribution in [0.15, 0.2) is 0 Å². The van der Waals surface area contributed by atoms with Crippen LogP contribution in [0.5, 0.6) is 5.75 Å². The van der Waals surface area contributed by atoms with Crippen LogP contribution in [0.4, 0.5) is 5.69 Å². The number of carbonyl (C=O) groups is 1. The molecule has 21 heavy (non-hydrogen) atoms. The number of rotatable bonds is 3. The molecule has 1 saturated carbocycles. The quantitative estimate of drug-likeness (QED) is 0.881. The molecule has 0 bridgehead atoms. The van der Waals surface area contributed by atoms with Gasteiger partial charge in [-0.05, 0) is 61.8 Å². The van der Waals surface area contributed by atoms with Gasteiger partial charge >= 0.3 is 0 Å². The van der Waals surface area contributed by atoms with Crippen LogP contribution in [-0.4, -0.2) is 13.0 Å². The molecule has 0 radical (unpaired) electrons. The van der Waals surface area contributed by atoms with Gasteiger partial charge in [-0.3, -0.25) is 4.79 Å². The van der Waals surface area contributed by atoms with Gasteiger partial charge in [0.25, 0.3) is 0 Å². The molecule has 1 N–H and O–H groups in total. The molecule has 116 valence electrons. The number of ether oxygens (including phenoxy) is 1. The van der Waals surface area contributed by atoms with Crippen molar-refractivity contribution in [3.05, 3.63) is 22.3 Å². The first kappa shape index (κ1) is 15.9. The molecule has 0 aliphatic heterocycles. The second kappa shape index (κ2) is 6.50. The second-order valence-corrected chi connectivity index (χ2v) is 6.21. The summed E-state index contributed by atoms with van der Waals surface area (Å²) in [6.45, 7) is 7.96. The average molecular weight is 289 g/mol. The highest BCUT2D eigenvalue weighted by Gasteiger charge is 2.26. The summed E-state index contributed by atoms with van der Waals surface area (Å²) in [5.74, 6) is 1.33. The summed E-state index contributed by atoms with van der Waals surface area (Å²) in [5.41, 5.74) is 5.91. The number of hydrogen-bond acceptors (Lipinski definition) is 2. The Morgan fingerprint density at radius 3 is 2.19 bits per heavy atom. The molecule has 1 aromatic carbocycles. The van der Waals surface area contributed by atoms with Crippen molar-refractivity contribution in [1.82, 2.24) is 0 Å². The molecule has 0 aromatic heterocycles. The molecule has 1 aliphatic carbocycles. The first-order valence-electron chi connectivity index (χ1n) is 7.92. The third kappa shape index (κ3) is 3.07. The Balaban J connectivity index is 2.63. The van der Waals surface area contributed by atoms with Crippen molar-refractivity contribution in [2.24, 2.45) is 0 Å². The normalized spacial score (nSPS) is 15.9. The number of anilines is 1. The van der Waals surface area contributed by atoms with E-state index in [-0.39, 0.29) is 5.91 Å². The molecule has 1 fully saturated rings. The fraction of sp³-hybridized carbons (Fsp3) is 0.611. The Morgan fingerprint density at radius 2 is 1.67 bits per heavy atom. The largest absolute Gasteiger partial charge is 0.494 e. The zero-order valence-corrected chi connectivity index (χ0v) is 13.9. The highest BCUT2D eigenvalue weighted by Crippen LogP contribution is 2.45. The summed E-state index contributed by atoms with van der Waals surface area (Å²) in [4.78, 5) is 11.7. The Kier molecular flexibility index (Phi) is 4.92. The third-order valence-corrected chi connectivity index (χ3v) is 4.88. The fourth-order valence-electron chi connectivity index (χ4n) is 3.61. The van der Waals surface area contributed by atoms with Crippen molar-refractivity contribution < 1.29 is 9.53 Å². The van der Waals surface area contributed by atoms with Gasteiger partial charge < -0.3 is 10.1 Å². The van der Waals surface area contributed by atoms with Gasteiger partial charge in [0.05, 0.1) is 12.8 Å². The smallest absolute Gasteiger partial charge is 0.221 e. The van der Waals surface area contributed by atoms with Crippen LogP contribution in [0.1, 0.15) is 67.2 Å². The number of methoxy groups -OCH3 is 1. The van der Waals surface area contributed by atoms with Crippen LogP contribution >= 0.6 is 0 Å². The van der Waals surface area contributed by atoms with Gasteiger partial charge in [0.15, 0.2) is 0 Å². The molecule has 1 amide bonds. The zero-order valence-electron chi connectivity index (χ0n) is 13.9. The van der Waals surface area contributed by atoms with E-state index in [0.29, 0.717) is 5.92 Å². The Morgan fingerprint density at radius 1 is 1.05 bits per heavy atom. The predicted octanol–water partition coefficient (Wildman–Crippen LogP) is 4.63. The molecule has 0 saturated heterocycles. The summed E-state index contributed by atoms with van der Waals surface area (Å²) in [6, 6.07) is 0. The summed E-state index contributed by atoms with van der Waals surface area (Å²) < 4.78 is 5.63. The standard InChI is InChI=1S/C18H27NO2/c1-11-12(2)16(15-9-7-6-8-10-15)17(19-14(4)20)18(21-5)13(11)3/h15H,6-10H2,1-5H3,(H,19,20). The third-order valence-electron chi connectivity index (χ3n) is 4.88. The summed E-state index contributed by atoms with van der Waals surface area (Å²) in [6.07, 6.45) is 6.29. The van der Waals surface area contributed by atoms with Crippen molar-refractivity contribution in [1.29, 1.82) is 0 Å². The van der Waals surface area contributed by atoms with Crippen molar-refractivity contribution in [3.63, 3.8) is 0 Å². The molecule has 0 unspecified atom stereocenters. The molecule has 1 aromatic rings. The number of nitrogens with one attached hydrogen (secondary N) is 1. The molecule has 3 nitrogen and oxygen atoms in total. The zero-order chi connectivity index (χ0) is 15.6. The summed E-state index contributed by atoms with van der Waals surface area (Å²) in [5, 5.41) is 3.04. The van der Waals surface area contributed by atoms with E-state index in [4.69, 9.17) is 4.74 Å². The number of benzene rings is 1. The maximum Gasteiger partial charge on any atom is 0.221 e. The van der Waals surface area contributed by atoms with E-state index in [2.05, 4.69) is 26.1 Å². The van der Waals surface area contributed by atoms with Crippen molar-refractivity contribution >= 4 is 11.6 Å². The van der Waals surface area contributed by atoms with Crippen molar-refractivity contribution in [2.45, 2.75) is 65.7 Å². The Labute approximate surface area is 128 Å². The van der Waals surface area contributed by atoms with E-state index < -0.39 is 0 Å². The highest BCUT2D eigenvalue weighted by atomic mass is 16.5. The van der Waals surface area contributed by atoms with Gasteiger partial charge in [-0.1, -0.05) is 19.3 Å². The molecule has 2 rings (SSSR count). The molecule has 0 heterocycles. The van der Waals surface area contributed by atoms with E-state index >= 15 is 0 Å². The van der Waals surface area contributed by atoms with Crippen LogP contribution in [0.2, 0.25) is 0 Å². The van der Waals surface area contributed by atoms with Crippen molar-refractivity contribution in [2.75, 3.05) is 12.4 Å². The number of amides is 1. The van der Waals surface area contributed by atoms with Gasteiger partial charge in [-0.15, -0.1) is 0 Å². The minimum atomic E-state index is -0.0342. The summed E-state index contributed by atoms with van der Waals surface area (Å²) in [7, 11) is 1.69. The van der Waals surface area contributed by atoms with Gasteiger partial charge in [0, 0.05) is 6.92 Å². The molecular weight excluding hydrogens is 262 g/mol. The lowest BCUT2D eigenvalue weighted by Crippen LogP contribution is -2.16. The SMILES string of the molecule is COc1c(C)c(C)c(C)c(C2CCCCC2)c1NC(C)=O. The van der Waals surface area contributed by atoms with E-state index in [1.54, 1.807) is 14.0 Å². The Bertz CT molecular complexity index is 543. The Hall–Kier alpha value is -1.51. The van der Waals surface area contributed by atoms with E-state index in [0.717, 1.165) is 17.0 Å². The lowest BCUT2D eigenvalue weighted by atomic mass is 9.79. The van der Waals surface area contributed by atoms with Crippen LogP contribution in [0.25, 0.3) is 0 Å². The maximum absolute atomic E-state index is 11.7. The number of carbonyl (C=O) groups excluding carboxylic acids is 1. The van der Waals surface area contributed by atoms with Crippen LogP contribution < -0.4 is 10.1 Å². The topological polar surface area (TPSA) is 38.3 Å². The number of hydrogen-bond donors (Lipinski definition) is 1. The molecule has 0 atom stereocenters. The predicted molar refractivity (Wildman–Crippen MR) is 87.3 cm³/mol. The lowest BCUT2D eigenvalue weighted by Gasteiger charge is -2.29. The molecule has 3 heteroatoms. The van der Waals surface area contributed by atoms with E-state index in [1.165, 1.54) is 48.8 Å². The first-order chi connectivity index (χ1) is 9.97. The monoisotopic (exact) mass is 289 g/mol. The molecular formula is C18H27NO2. The molecule has 0 spiro atoms. The van der Waals surface area contributed by atoms with Crippen LogP contribution in [-0.2, 0) is 4.79 Å². The van der Waals surface area contributed by atoms with Crippen LogP contribution in [0, 0.1) is 20.8 Å². The minimum absolute atomic E-state index is 0.0342. The first-order valence-corrected chi connectivity index (χ1v) is 7.92. The van der Waals surface area contributed by atoms with E-state index in [9.17, 15) is 4.79 Å². The maximum atomic E-state index is 11.7. The fourth-order valence-corrected chi connectivity index (χ4v) is 3.61. The lowest BCUT2D eigenvalue weighted by molar-refractivity contribution is -0.114. The van der Waals surface area contributed by atoms with Crippen LogP contribution in [0.3, 0.4) is 0 Å². The van der Waals surface area contributed by atoms with Gasteiger partial charge in [-0.25, -0.2) is 0 Å². The van der Waals surface area contributed by atoms with Gasteiger partial charge in [-0.2, -0.15) is 0 Å². The summed E-state index contributed by atoms with van der Waals surface area (Å²) >= 11 is 0. The highest BCUT2D eigenvalue weighted by molar-refractivity contribution is 5.92.